The van der Waals surface area contributed by atoms with E-state index in [2.05, 4.69) is 48.7 Å². The zero-order chi connectivity index (χ0) is 27.9. The van der Waals surface area contributed by atoms with Crippen LogP contribution in [0.3, 0.4) is 0 Å². The minimum absolute atomic E-state index is 0.158. The molecule has 0 spiro atoms. The van der Waals surface area contributed by atoms with Crippen LogP contribution in [0.2, 0.25) is 5.02 Å². The number of halogens is 1. The van der Waals surface area contributed by atoms with E-state index in [0.29, 0.717) is 34.9 Å². The van der Waals surface area contributed by atoms with Gasteiger partial charge in [0.25, 0.3) is 5.91 Å². The Morgan fingerprint density at radius 1 is 1.00 bits per heavy atom. The first-order valence-electron chi connectivity index (χ1n) is 12.7. The van der Waals surface area contributed by atoms with Gasteiger partial charge >= 0.3 is 0 Å². The van der Waals surface area contributed by atoms with Crippen LogP contribution in [0.15, 0.2) is 83.3 Å². The minimum atomic E-state index is -0.548. The zero-order valence-corrected chi connectivity index (χ0v) is 22.7. The maximum atomic E-state index is 13.1. The van der Waals surface area contributed by atoms with Crippen LogP contribution in [0, 0.1) is 6.92 Å². The Balaban J connectivity index is 1.40. The topological polar surface area (TPSA) is 118 Å². The smallest absolute Gasteiger partial charge is 0.253 e. The lowest BCUT2D eigenvalue weighted by atomic mass is 10.0. The lowest BCUT2D eigenvalue weighted by Gasteiger charge is -2.17. The van der Waals surface area contributed by atoms with Crippen molar-refractivity contribution in [3.05, 3.63) is 117 Å². The number of benzene rings is 3. The Labute approximate surface area is 233 Å². The third kappa shape index (κ3) is 7.35. The van der Waals surface area contributed by atoms with Gasteiger partial charge in [0.15, 0.2) is 0 Å². The van der Waals surface area contributed by atoms with Crippen molar-refractivity contribution in [1.29, 1.82) is 0 Å². The summed E-state index contributed by atoms with van der Waals surface area (Å²) in [5.41, 5.74) is 9.93. The van der Waals surface area contributed by atoms with E-state index in [1.807, 2.05) is 12.1 Å². The van der Waals surface area contributed by atoms with E-state index in [0.717, 1.165) is 11.3 Å². The van der Waals surface area contributed by atoms with Gasteiger partial charge in [-0.3, -0.25) is 9.59 Å². The number of carbonyl (C=O) groups is 2. The van der Waals surface area contributed by atoms with Gasteiger partial charge in [0.1, 0.15) is 11.5 Å². The Hall–Kier alpha value is -3.91. The fourth-order valence-corrected chi connectivity index (χ4v) is 4.42. The van der Waals surface area contributed by atoms with E-state index in [1.54, 1.807) is 42.5 Å². The van der Waals surface area contributed by atoms with Gasteiger partial charge in [-0.1, -0.05) is 53.6 Å². The first-order valence-corrected chi connectivity index (χ1v) is 13.1. The lowest BCUT2D eigenvalue weighted by molar-refractivity contribution is 0.0916. The standard InChI is InChI=1S/C31H32ClN3O4/c1-19-3-7-22(8-4-19)20(2)34-17-26-12-14-29(39-26)24-11-13-28(32)27(16-24)31(38)35-25(18-36)15-21-5-9-23(10-6-21)30(33)37/h3-14,16,20,25,34,36H,15,17-18H2,1-2H3,(H2,33,37)(H,35,38)/t20-,25-/m1/s1. The summed E-state index contributed by atoms with van der Waals surface area (Å²) in [4.78, 5) is 24.4. The summed E-state index contributed by atoms with van der Waals surface area (Å²) in [5, 5.41) is 16.5. The molecular formula is C31H32ClN3O4. The van der Waals surface area contributed by atoms with Gasteiger partial charge in [0.05, 0.1) is 29.8 Å². The third-order valence-electron chi connectivity index (χ3n) is 6.59. The highest BCUT2D eigenvalue weighted by Gasteiger charge is 2.18. The molecule has 39 heavy (non-hydrogen) atoms. The van der Waals surface area contributed by atoms with Crippen molar-refractivity contribution in [2.24, 2.45) is 5.73 Å². The van der Waals surface area contributed by atoms with Crippen LogP contribution in [0.5, 0.6) is 0 Å². The summed E-state index contributed by atoms with van der Waals surface area (Å²) in [6.07, 6.45) is 0.369. The van der Waals surface area contributed by atoms with Gasteiger partial charge in [-0.15, -0.1) is 0 Å². The van der Waals surface area contributed by atoms with Crippen molar-refractivity contribution in [3.63, 3.8) is 0 Å². The molecule has 1 aromatic heterocycles. The molecule has 2 amide bonds. The molecule has 0 aliphatic carbocycles. The number of primary amides is 1. The highest BCUT2D eigenvalue weighted by molar-refractivity contribution is 6.34. The molecule has 0 aliphatic rings. The molecule has 2 atom stereocenters. The van der Waals surface area contributed by atoms with Crippen LogP contribution >= 0.6 is 11.6 Å². The van der Waals surface area contributed by atoms with Gasteiger partial charge < -0.3 is 25.9 Å². The quantitative estimate of drug-likeness (QED) is 0.207. The average Bonchev–Trinajstić information content (AvgIpc) is 3.41. The van der Waals surface area contributed by atoms with Crippen LogP contribution in [0.25, 0.3) is 11.3 Å². The number of hydrogen-bond donors (Lipinski definition) is 4. The van der Waals surface area contributed by atoms with Crippen molar-refractivity contribution in [1.82, 2.24) is 10.6 Å². The molecule has 0 saturated heterocycles. The molecule has 0 aliphatic heterocycles. The maximum absolute atomic E-state index is 13.1. The first-order chi connectivity index (χ1) is 18.7. The minimum Gasteiger partial charge on any atom is -0.460 e. The normalized spacial score (nSPS) is 12.6. The Morgan fingerprint density at radius 3 is 2.38 bits per heavy atom. The number of aryl methyl sites for hydroxylation is 1. The molecule has 202 valence electrons. The number of rotatable bonds is 11. The number of aliphatic hydroxyl groups is 1. The van der Waals surface area contributed by atoms with E-state index in [9.17, 15) is 14.7 Å². The van der Waals surface area contributed by atoms with E-state index in [-0.39, 0.29) is 18.2 Å². The molecule has 1 heterocycles. The molecule has 0 saturated carbocycles. The number of nitrogens with two attached hydrogens (primary N) is 1. The number of hydrogen-bond acceptors (Lipinski definition) is 5. The van der Waals surface area contributed by atoms with Crippen LogP contribution in [-0.4, -0.2) is 29.6 Å². The van der Waals surface area contributed by atoms with Crippen molar-refractivity contribution in [2.75, 3.05) is 6.61 Å². The number of amides is 2. The predicted octanol–water partition coefficient (Wildman–Crippen LogP) is 5.19. The molecule has 0 bridgehead atoms. The van der Waals surface area contributed by atoms with E-state index < -0.39 is 17.9 Å². The molecule has 4 rings (SSSR count). The molecule has 4 aromatic rings. The average molecular weight is 546 g/mol. The molecule has 7 nitrogen and oxygen atoms in total. The van der Waals surface area contributed by atoms with Crippen LogP contribution < -0.4 is 16.4 Å². The SMILES string of the molecule is Cc1ccc([C@@H](C)NCc2ccc(-c3ccc(Cl)c(C(=O)N[C@@H](CO)Cc4ccc(C(N)=O)cc4)c3)o2)cc1. The highest BCUT2D eigenvalue weighted by atomic mass is 35.5. The first kappa shape index (κ1) is 28.1. The second-order valence-corrected chi connectivity index (χ2v) is 10.00. The fourth-order valence-electron chi connectivity index (χ4n) is 4.22. The lowest BCUT2D eigenvalue weighted by Crippen LogP contribution is -2.39. The van der Waals surface area contributed by atoms with Gasteiger partial charge in [0.2, 0.25) is 5.91 Å². The highest BCUT2D eigenvalue weighted by Crippen LogP contribution is 2.27. The second kappa shape index (κ2) is 12.8. The van der Waals surface area contributed by atoms with Gasteiger partial charge in [-0.2, -0.15) is 0 Å². The largest absolute Gasteiger partial charge is 0.460 e. The van der Waals surface area contributed by atoms with Crippen molar-refractivity contribution in [3.8, 4) is 11.3 Å². The molecule has 0 fully saturated rings. The number of furan rings is 1. The van der Waals surface area contributed by atoms with Crippen molar-refractivity contribution in [2.45, 2.75) is 38.9 Å². The van der Waals surface area contributed by atoms with Crippen molar-refractivity contribution >= 4 is 23.4 Å². The molecular weight excluding hydrogens is 514 g/mol. The summed E-state index contributed by atoms with van der Waals surface area (Å²) in [6, 6.07) is 23.7. The summed E-state index contributed by atoms with van der Waals surface area (Å²) in [6.45, 7) is 4.45. The van der Waals surface area contributed by atoms with Crippen LogP contribution in [0.1, 0.15) is 56.1 Å². The molecule has 5 N–H and O–H groups in total. The molecule has 0 unspecified atom stereocenters. The second-order valence-electron chi connectivity index (χ2n) is 9.59. The van der Waals surface area contributed by atoms with E-state index in [4.69, 9.17) is 21.8 Å². The third-order valence-corrected chi connectivity index (χ3v) is 6.92. The summed E-state index contributed by atoms with van der Waals surface area (Å²) in [5.74, 6) is 0.469. The van der Waals surface area contributed by atoms with E-state index >= 15 is 0 Å². The van der Waals surface area contributed by atoms with Crippen LogP contribution in [0.4, 0.5) is 0 Å². The zero-order valence-electron chi connectivity index (χ0n) is 21.9. The number of nitrogens with one attached hydrogen (secondary N) is 2. The van der Waals surface area contributed by atoms with Gasteiger partial charge in [-0.05, 0) is 73.9 Å². The van der Waals surface area contributed by atoms with Crippen LogP contribution in [-0.2, 0) is 13.0 Å². The molecule has 8 heteroatoms. The monoisotopic (exact) mass is 545 g/mol. The summed E-state index contributed by atoms with van der Waals surface area (Å²) < 4.78 is 6.05. The Kier molecular flexibility index (Phi) is 9.19. The predicted molar refractivity (Wildman–Crippen MR) is 153 cm³/mol. The summed E-state index contributed by atoms with van der Waals surface area (Å²) in [7, 11) is 0. The van der Waals surface area contributed by atoms with E-state index in [1.165, 1.54) is 11.1 Å². The Bertz CT molecular complexity index is 1430. The Morgan fingerprint density at radius 2 is 1.72 bits per heavy atom. The van der Waals surface area contributed by atoms with Gasteiger partial charge in [0, 0.05) is 17.2 Å². The van der Waals surface area contributed by atoms with Gasteiger partial charge in [-0.25, -0.2) is 0 Å². The fraction of sp³-hybridized carbons (Fsp3) is 0.226. The maximum Gasteiger partial charge on any atom is 0.253 e. The van der Waals surface area contributed by atoms with Crippen molar-refractivity contribution < 1.29 is 19.1 Å². The summed E-state index contributed by atoms with van der Waals surface area (Å²) >= 11 is 6.36. The molecule has 3 aromatic carbocycles. The number of carbonyl (C=O) groups excluding carboxylic acids is 2. The molecule has 0 radical (unpaired) electrons. The number of aliphatic hydroxyl groups excluding tert-OH is 1.